The second-order valence-corrected chi connectivity index (χ2v) is 17.8. The monoisotopic (exact) mass is 514 g/mol. The second-order valence-electron chi connectivity index (χ2n) is 10.8. The summed E-state index contributed by atoms with van der Waals surface area (Å²) >= 11 is 0. The molecule has 6 rings (SSSR count). The predicted octanol–water partition coefficient (Wildman–Crippen LogP) is 6.67. The molecule has 4 aromatic carbocycles. The van der Waals surface area contributed by atoms with Crippen LogP contribution in [0.4, 0.5) is 0 Å². The van der Waals surface area contributed by atoms with Crippen LogP contribution in [0.15, 0.2) is 108 Å². The van der Waals surface area contributed by atoms with E-state index in [-0.39, 0.29) is 0 Å². The summed E-state index contributed by atoms with van der Waals surface area (Å²) < 4.78 is 7.48. The fourth-order valence-electron chi connectivity index (χ4n) is 5.50. The third-order valence-corrected chi connectivity index (χ3v) is 16.1. The maximum atomic E-state index is 7.48. The van der Waals surface area contributed by atoms with Crippen molar-refractivity contribution in [1.82, 2.24) is 0 Å². The van der Waals surface area contributed by atoms with Crippen molar-refractivity contribution < 1.29 is 4.12 Å². The minimum atomic E-state index is -2.46. The first-order valence-electron chi connectivity index (χ1n) is 13.4. The Morgan fingerprint density at radius 3 is 1.27 bits per heavy atom. The summed E-state index contributed by atoms with van der Waals surface area (Å²) in [6, 6.07) is 35.5. The van der Waals surface area contributed by atoms with Crippen molar-refractivity contribution in [3.8, 4) is 0 Å². The lowest BCUT2D eigenvalue weighted by Crippen LogP contribution is -2.59. The summed E-state index contributed by atoms with van der Waals surface area (Å²) in [5.74, 6) is 0. The van der Waals surface area contributed by atoms with E-state index in [1.807, 2.05) is 0 Å². The van der Waals surface area contributed by atoms with Gasteiger partial charge in [0.2, 0.25) is 16.6 Å². The van der Waals surface area contributed by atoms with Gasteiger partial charge in [0.25, 0.3) is 0 Å². The van der Waals surface area contributed by atoms with Crippen LogP contribution in [0.3, 0.4) is 0 Å². The van der Waals surface area contributed by atoms with Crippen LogP contribution in [0.1, 0.15) is 33.4 Å². The van der Waals surface area contributed by atoms with Gasteiger partial charge in [-0.1, -0.05) is 121 Å². The highest BCUT2D eigenvalue weighted by molar-refractivity contribution is 7.02. The molecule has 0 spiro atoms. The fourth-order valence-corrected chi connectivity index (χ4v) is 13.6. The maximum Gasteiger partial charge on any atom is 0.235 e. The Morgan fingerprint density at radius 1 is 0.514 bits per heavy atom. The van der Waals surface area contributed by atoms with E-state index in [0.717, 1.165) is 0 Å². The third-order valence-electron chi connectivity index (χ3n) is 8.09. The molecule has 0 aliphatic heterocycles. The number of aryl methyl sites for hydroxylation is 4. The minimum absolute atomic E-state index is 1.20. The molecule has 37 heavy (non-hydrogen) atoms. The third kappa shape index (κ3) is 4.99. The van der Waals surface area contributed by atoms with Gasteiger partial charge >= 0.3 is 0 Å². The SMILES string of the molecule is C[Si](/C=C/c1ccc2c(c1)CC2)(O[Si](C)(/C=C/c1ccc2c(c1)CC2)c1ccccc1)c1ccccc1. The topological polar surface area (TPSA) is 9.23 Å². The average molecular weight is 515 g/mol. The van der Waals surface area contributed by atoms with Crippen LogP contribution in [-0.2, 0) is 29.8 Å². The summed E-state index contributed by atoms with van der Waals surface area (Å²) in [4.78, 5) is 0. The predicted molar refractivity (Wildman–Crippen MR) is 162 cm³/mol. The van der Waals surface area contributed by atoms with Gasteiger partial charge in [0.15, 0.2) is 0 Å². The van der Waals surface area contributed by atoms with Crippen molar-refractivity contribution in [2.45, 2.75) is 38.8 Å². The standard InChI is InChI=1S/C34H34OSi2/c1-36(33-9-5-3-6-10-33,23-21-27-13-15-29-17-19-31(29)25-27)35-37(2,34-11-7-4-8-12-34)24-22-28-14-16-30-18-20-32(30)26-28/h3-16,21-26H,17-20H2,1-2H3/b23-21+,24-22+. The summed E-state index contributed by atoms with van der Waals surface area (Å²) in [6.07, 6.45) is 9.45. The molecule has 0 saturated heterocycles. The number of hydrogen-bond donors (Lipinski definition) is 0. The molecule has 0 N–H and O–H groups in total. The zero-order chi connectivity index (χ0) is 25.3. The molecule has 2 aliphatic carbocycles. The van der Waals surface area contributed by atoms with Crippen molar-refractivity contribution >= 4 is 39.2 Å². The Kier molecular flexibility index (Phi) is 6.45. The van der Waals surface area contributed by atoms with Gasteiger partial charge in [0.1, 0.15) is 0 Å². The van der Waals surface area contributed by atoms with Gasteiger partial charge in [-0.15, -0.1) is 0 Å². The highest BCUT2D eigenvalue weighted by atomic mass is 28.4. The molecule has 2 aliphatic rings. The van der Waals surface area contributed by atoms with E-state index < -0.39 is 16.6 Å². The van der Waals surface area contributed by atoms with Gasteiger partial charge in [0, 0.05) is 0 Å². The first-order chi connectivity index (χ1) is 18.0. The Bertz CT molecular complexity index is 1360. The van der Waals surface area contributed by atoms with Gasteiger partial charge in [-0.3, -0.25) is 0 Å². The molecule has 0 radical (unpaired) electrons. The molecule has 2 unspecified atom stereocenters. The highest BCUT2D eigenvalue weighted by Crippen LogP contribution is 2.27. The van der Waals surface area contributed by atoms with Gasteiger partial charge in [-0.2, -0.15) is 0 Å². The van der Waals surface area contributed by atoms with E-state index in [1.165, 1.54) is 69.4 Å². The Labute approximate surface area is 223 Å². The van der Waals surface area contributed by atoms with Crippen LogP contribution in [0.5, 0.6) is 0 Å². The Morgan fingerprint density at radius 2 is 0.919 bits per heavy atom. The molecule has 3 heteroatoms. The minimum Gasteiger partial charge on any atom is -0.443 e. The van der Waals surface area contributed by atoms with Crippen LogP contribution < -0.4 is 10.4 Å². The number of hydrogen-bond acceptors (Lipinski definition) is 1. The van der Waals surface area contributed by atoms with Crippen LogP contribution in [-0.4, -0.2) is 16.6 Å². The summed E-state index contributed by atoms with van der Waals surface area (Å²) in [7, 11) is -4.91. The van der Waals surface area contributed by atoms with E-state index >= 15 is 0 Å². The lowest BCUT2D eigenvalue weighted by atomic mass is 9.87. The molecule has 0 amide bonds. The summed E-state index contributed by atoms with van der Waals surface area (Å²) in [5.41, 5.74) is 13.3. The first kappa shape index (κ1) is 24.1. The molecule has 0 fully saturated rings. The van der Waals surface area contributed by atoms with E-state index in [4.69, 9.17) is 4.12 Å². The molecule has 1 nitrogen and oxygen atoms in total. The zero-order valence-corrected chi connectivity index (χ0v) is 23.8. The van der Waals surface area contributed by atoms with E-state index in [2.05, 4.69) is 134 Å². The largest absolute Gasteiger partial charge is 0.443 e. The van der Waals surface area contributed by atoms with E-state index in [1.54, 1.807) is 0 Å². The molecule has 0 heterocycles. The lowest BCUT2D eigenvalue weighted by molar-refractivity contribution is 0.585. The molecule has 2 atom stereocenters. The molecule has 0 aromatic heterocycles. The molecule has 0 saturated carbocycles. The molecular weight excluding hydrogens is 481 g/mol. The number of fused-ring (bicyclic) bond motifs is 2. The van der Waals surface area contributed by atoms with Crippen molar-refractivity contribution in [2.75, 3.05) is 0 Å². The van der Waals surface area contributed by atoms with Crippen molar-refractivity contribution in [3.05, 3.63) is 142 Å². The van der Waals surface area contributed by atoms with Crippen LogP contribution in [0.2, 0.25) is 13.1 Å². The van der Waals surface area contributed by atoms with Gasteiger partial charge < -0.3 is 4.12 Å². The van der Waals surface area contributed by atoms with Gasteiger partial charge in [-0.25, -0.2) is 0 Å². The Balaban J connectivity index is 1.38. The average Bonchev–Trinajstić information content (AvgIpc) is 2.90. The quantitative estimate of drug-likeness (QED) is 0.239. The number of benzene rings is 4. The normalized spacial score (nSPS) is 17.4. The van der Waals surface area contributed by atoms with Crippen molar-refractivity contribution in [1.29, 1.82) is 0 Å². The lowest BCUT2D eigenvalue weighted by Gasteiger charge is -2.36. The highest BCUT2D eigenvalue weighted by Gasteiger charge is 2.39. The molecule has 0 bridgehead atoms. The van der Waals surface area contributed by atoms with Crippen molar-refractivity contribution in [2.24, 2.45) is 0 Å². The van der Waals surface area contributed by atoms with E-state index in [9.17, 15) is 0 Å². The number of rotatable bonds is 8. The summed E-state index contributed by atoms with van der Waals surface area (Å²) in [5, 5.41) is 2.61. The van der Waals surface area contributed by atoms with Gasteiger partial charge in [-0.05, 0) is 82.5 Å². The Hall–Kier alpha value is -3.25. The van der Waals surface area contributed by atoms with Crippen molar-refractivity contribution in [3.63, 3.8) is 0 Å². The van der Waals surface area contributed by atoms with Gasteiger partial charge in [0.05, 0.1) is 0 Å². The first-order valence-corrected chi connectivity index (χ1v) is 18.4. The molecular formula is C34H34OSi2. The fraction of sp³-hybridized carbons (Fsp3) is 0.176. The van der Waals surface area contributed by atoms with Crippen LogP contribution in [0, 0.1) is 0 Å². The molecule has 4 aromatic rings. The van der Waals surface area contributed by atoms with Crippen LogP contribution >= 0.6 is 0 Å². The maximum absolute atomic E-state index is 7.48. The van der Waals surface area contributed by atoms with E-state index in [0.29, 0.717) is 0 Å². The van der Waals surface area contributed by atoms with Crippen LogP contribution in [0.25, 0.3) is 12.2 Å². The molecule has 184 valence electrons. The zero-order valence-electron chi connectivity index (χ0n) is 21.8. The summed E-state index contributed by atoms with van der Waals surface area (Å²) in [6.45, 7) is 4.71. The second kappa shape index (κ2) is 9.90. The smallest absolute Gasteiger partial charge is 0.235 e.